The fourth-order valence-corrected chi connectivity index (χ4v) is 3.47. The molecular formula is C22H20N2O2. The second-order valence-electron chi connectivity index (χ2n) is 6.64. The molecular weight excluding hydrogens is 324 g/mol. The monoisotopic (exact) mass is 344 g/mol. The zero-order valence-electron chi connectivity index (χ0n) is 14.9. The SMILES string of the molecule is Cc1ccc(C2=N[C@@H](CC=O)c3onc(C)c3C3=C2C=CCC=C3)cc1. The van der Waals surface area contributed by atoms with Gasteiger partial charge in [-0.1, -0.05) is 59.3 Å². The predicted molar refractivity (Wildman–Crippen MR) is 102 cm³/mol. The quantitative estimate of drug-likeness (QED) is 0.759. The van der Waals surface area contributed by atoms with Crippen molar-refractivity contribution in [2.75, 3.05) is 0 Å². The Morgan fingerprint density at radius 2 is 1.85 bits per heavy atom. The summed E-state index contributed by atoms with van der Waals surface area (Å²) in [5.41, 5.74) is 7.01. The maximum absolute atomic E-state index is 11.3. The van der Waals surface area contributed by atoms with E-state index >= 15 is 0 Å². The number of benzene rings is 1. The lowest BCUT2D eigenvalue weighted by Gasteiger charge is -2.11. The molecule has 0 radical (unpaired) electrons. The number of aliphatic imine (C=N–C) groups is 1. The van der Waals surface area contributed by atoms with E-state index in [9.17, 15) is 4.79 Å². The molecule has 4 rings (SSSR count). The van der Waals surface area contributed by atoms with Gasteiger partial charge in [-0.2, -0.15) is 0 Å². The van der Waals surface area contributed by atoms with Crippen molar-refractivity contribution in [3.05, 3.63) is 82.3 Å². The largest absolute Gasteiger partial charge is 0.358 e. The standard InChI is InChI=1S/C22H20N2O2/c1-14-8-10-16(11-9-14)21-18-7-5-3-4-6-17(18)20-15(2)24-26-22(20)19(23-21)12-13-25/h4-11,13,19H,3,12H2,1-2H3/t19-/m0/s1. The Labute approximate surface area is 152 Å². The van der Waals surface area contributed by atoms with Gasteiger partial charge in [0.2, 0.25) is 0 Å². The summed E-state index contributed by atoms with van der Waals surface area (Å²) < 4.78 is 5.62. The normalized spacial score (nSPS) is 18.7. The number of aromatic nitrogens is 1. The smallest absolute Gasteiger partial charge is 0.169 e. The third-order valence-electron chi connectivity index (χ3n) is 4.78. The lowest BCUT2D eigenvalue weighted by Crippen LogP contribution is -2.07. The third-order valence-corrected chi connectivity index (χ3v) is 4.78. The molecule has 0 bridgehead atoms. The summed E-state index contributed by atoms with van der Waals surface area (Å²) in [5.74, 6) is 0.671. The van der Waals surface area contributed by atoms with E-state index < -0.39 is 0 Å². The molecule has 1 aromatic carbocycles. The molecule has 0 spiro atoms. The minimum Gasteiger partial charge on any atom is -0.358 e. The van der Waals surface area contributed by atoms with Gasteiger partial charge in [-0.25, -0.2) is 0 Å². The molecule has 1 aliphatic carbocycles. The summed E-state index contributed by atoms with van der Waals surface area (Å²) in [6, 6.07) is 7.96. The van der Waals surface area contributed by atoms with Crippen LogP contribution in [0.5, 0.6) is 0 Å². The number of rotatable bonds is 3. The Morgan fingerprint density at radius 1 is 1.12 bits per heavy atom. The van der Waals surface area contributed by atoms with Gasteiger partial charge in [-0.05, 0) is 25.8 Å². The number of hydrogen-bond acceptors (Lipinski definition) is 4. The highest BCUT2D eigenvalue weighted by Crippen LogP contribution is 2.39. The van der Waals surface area contributed by atoms with Crippen molar-refractivity contribution in [2.24, 2.45) is 4.99 Å². The van der Waals surface area contributed by atoms with E-state index in [1.807, 2.05) is 6.92 Å². The second-order valence-corrected chi connectivity index (χ2v) is 6.64. The molecule has 4 heteroatoms. The average molecular weight is 344 g/mol. The van der Waals surface area contributed by atoms with Crippen LogP contribution >= 0.6 is 0 Å². The molecule has 1 atom stereocenters. The molecule has 1 aromatic heterocycles. The van der Waals surface area contributed by atoms with Crippen molar-refractivity contribution < 1.29 is 9.32 Å². The van der Waals surface area contributed by atoms with Crippen LogP contribution in [-0.4, -0.2) is 17.2 Å². The highest BCUT2D eigenvalue weighted by Gasteiger charge is 2.30. The molecule has 0 unspecified atom stereocenters. The molecule has 0 fully saturated rings. The zero-order valence-corrected chi connectivity index (χ0v) is 14.9. The van der Waals surface area contributed by atoms with Gasteiger partial charge in [0.25, 0.3) is 0 Å². The van der Waals surface area contributed by atoms with Crippen molar-refractivity contribution >= 4 is 17.6 Å². The van der Waals surface area contributed by atoms with E-state index in [0.29, 0.717) is 5.76 Å². The van der Waals surface area contributed by atoms with Gasteiger partial charge in [0.15, 0.2) is 5.76 Å². The van der Waals surface area contributed by atoms with Crippen LogP contribution in [-0.2, 0) is 4.79 Å². The second kappa shape index (κ2) is 6.71. The number of allylic oxidation sites excluding steroid dienone is 6. The molecule has 4 nitrogen and oxygen atoms in total. The maximum atomic E-state index is 11.3. The molecule has 0 saturated carbocycles. The first kappa shape index (κ1) is 16.5. The first-order chi connectivity index (χ1) is 12.7. The summed E-state index contributed by atoms with van der Waals surface area (Å²) >= 11 is 0. The Hall–Kier alpha value is -3.01. The summed E-state index contributed by atoms with van der Waals surface area (Å²) in [5, 5.41) is 4.15. The molecule has 0 saturated heterocycles. The van der Waals surface area contributed by atoms with Gasteiger partial charge in [0.1, 0.15) is 12.3 Å². The Balaban J connectivity index is 2.01. The number of fused-ring (bicyclic) bond motifs is 2. The molecule has 0 N–H and O–H groups in total. The first-order valence-corrected chi connectivity index (χ1v) is 8.81. The highest BCUT2D eigenvalue weighted by atomic mass is 16.5. The lowest BCUT2D eigenvalue weighted by molar-refractivity contribution is -0.108. The highest BCUT2D eigenvalue weighted by molar-refractivity contribution is 6.20. The summed E-state index contributed by atoms with van der Waals surface area (Å²) in [7, 11) is 0. The molecule has 26 heavy (non-hydrogen) atoms. The summed E-state index contributed by atoms with van der Waals surface area (Å²) in [6.45, 7) is 4.00. The van der Waals surface area contributed by atoms with Gasteiger partial charge < -0.3 is 9.32 Å². The van der Waals surface area contributed by atoms with Crippen molar-refractivity contribution in [1.82, 2.24) is 5.16 Å². The third kappa shape index (κ3) is 2.77. The van der Waals surface area contributed by atoms with Crippen LogP contribution in [0.2, 0.25) is 0 Å². The van der Waals surface area contributed by atoms with Crippen LogP contribution in [0.15, 0.2) is 63.7 Å². The van der Waals surface area contributed by atoms with Crippen LogP contribution in [0, 0.1) is 13.8 Å². The molecule has 1 aliphatic heterocycles. The summed E-state index contributed by atoms with van der Waals surface area (Å²) in [4.78, 5) is 16.2. The minimum atomic E-state index is -0.367. The van der Waals surface area contributed by atoms with E-state index in [4.69, 9.17) is 9.52 Å². The number of nitrogens with zero attached hydrogens (tertiary/aromatic N) is 2. The Morgan fingerprint density at radius 3 is 2.58 bits per heavy atom. The minimum absolute atomic E-state index is 0.269. The van der Waals surface area contributed by atoms with E-state index in [0.717, 1.165) is 46.4 Å². The lowest BCUT2D eigenvalue weighted by atomic mass is 9.92. The predicted octanol–water partition coefficient (Wildman–Crippen LogP) is 4.69. The van der Waals surface area contributed by atoms with Gasteiger partial charge >= 0.3 is 0 Å². The summed E-state index contributed by atoms with van der Waals surface area (Å²) in [6.07, 6.45) is 10.5. The van der Waals surface area contributed by atoms with E-state index in [1.165, 1.54) is 5.56 Å². The molecule has 2 aliphatic rings. The number of aryl methyl sites for hydroxylation is 2. The van der Waals surface area contributed by atoms with Crippen LogP contribution in [0.4, 0.5) is 0 Å². The van der Waals surface area contributed by atoms with Crippen molar-refractivity contribution in [2.45, 2.75) is 32.7 Å². The van der Waals surface area contributed by atoms with Gasteiger partial charge in [0, 0.05) is 17.6 Å². The molecule has 0 amide bonds. The fraction of sp³-hybridized carbons (Fsp3) is 0.227. The Kier molecular flexibility index (Phi) is 4.25. The topological polar surface area (TPSA) is 55.5 Å². The van der Waals surface area contributed by atoms with Gasteiger partial charge in [-0.15, -0.1) is 0 Å². The van der Waals surface area contributed by atoms with Crippen LogP contribution in [0.25, 0.3) is 5.57 Å². The van der Waals surface area contributed by atoms with Crippen LogP contribution < -0.4 is 0 Å². The maximum Gasteiger partial charge on any atom is 0.169 e. The van der Waals surface area contributed by atoms with Crippen LogP contribution in [0.1, 0.15) is 47.0 Å². The number of aldehydes is 1. The van der Waals surface area contributed by atoms with E-state index in [1.54, 1.807) is 0 Å². The van der Waals surface area contributed by atoms with E-state index in [-0.39, 0.29) is 12.5 Å². The number of carbonyl (C=O) groups excluding carboxylic acids is 1. The number of carbonyl (C=O) groups is 1. The molecule has 2 aromatic rings. The average Bonchev–Trinajstić information content (AvgIpc) is 2.81. The van der Waals surface area contributed by atoms with Crippen molar-refractivity contribution in [3.8, 4) is 0 Å². The molecule has 130 valence electrons. The first-order valence-electron chi connectivity index (χ1n) is 8.81. The molecule has 2 heterocycles. The fourth-order valence-electron chi connectivity index (χ4n) is 3.47. The number of hydrogen-bond donors (Lipinski definition) is 0. The van der Waals surface area contributed by atoms with Gasteiger partial charge in [0.05, 0.1) is 17.0 Å². The van der Waals surface area contributed by atoms with Crippen molar-refractivity contribution in [1.29, 1.82) is 0 Å². The van der Waals surface area contributed by atoms with E-state index in [2.05, 4.69) is 60.6 Å². The van der Waals surface area contributed by atoms with Gasteiger partial charge in [-0.3, -0.25) is 4.99 Å². The van der Waals surface area contributed by atoms with Crippen LogP contribution in [0.3, 0.4) is 0 Å². The Bertz CT molecular complexity index is 972. The van der Waals surface area contributed by atoms with Crippen molar-refractivity contribution in [3.63, 3.8) is 0 Å². The zero-order chi connectivity index (χ0) is 18.1.